The van der Waals surface area contributed by atoms with Gasteiger partial charge < -0.3 is 29.2 Å². The number of ether oxygens (including phenoxy) is 4. The molecule has 0 radical (unpaired) electrons. The molecule has 1 N–H and O–H groups in total. The van der Waals surface area contributed by atoms with Crippen LogP contribution in [0.1, 0.15) is 23.2 Å². The number of benzene rings is 2. The summed E-state index contributed by atoms with van der Waals surface area (Å²) in [4.78, 5) is 27.3. The zero-order valence-corrected chi connectivity index (χ0v) is 18.3. The molecule has 2 aromatic carbocycles. The Morgan fingerprint density at radius 1 is 0.806 bits per heavy atom. The van der Waals surface area contributed by atoms with E-state index in [-0.39, 0.29) is 17.7 Å². The van der Waals surface area contributed by atoms with Crippen molar-refractivity contribution in [3.05, 3.63) is 42.0 Å². The van der Waals surface area contributed by atoms with E-state index in [2.05, 4.69) is 5.32 Å². The molecule has 0 aliphatic carbocycles. The lowest BCUT2D eigenvalue weighted by Crippen LogP contribution is -2.41. The summed E-state index contributed by atoms with van der Waals surface area (Å²) in [6, 6.07) is 10.4. The number of nitrogens with one attached hydrogen (secondary N) is 1. The van der Waals surface area contributed by atoms with Crippen molar-refractivity contribution in [3.63, 3.8) is 0 Å². The van der Waals surface area contributed by atoms with E-state index in [1.807, 2.05) is 0 Å². The first-order valence-corrected chi connectivity index (χ1v) is 10.0. The molecule has 3 rings (SSSR count). The Morgan fingerprint density at radius 3 is 1.94 bits per heavy atom. The van der Waals surface area contributed by atoms with Crippen LogP contribution in [0.5, 0.6) is 23.0 Å². The highest BCUT2D eigenvalue weighted by Gasteiger charge is 2.28. The van der Waals surface area contributed by atoms with Gasteiger partial charge in [-0.05, 0) is 43.2 Å². The summed E-state index contributed by atoms with van der Waals surface area (Å²) in [7, 11) is 6.20. The maximum Gasteiger partial charge on any atom is 0.253 e. The third-order valence-electron chi connectivity index (χ3n) is 5.43. The van der Waals surface area contributed by atoms with Crippen LogP contribution in [0, 0.1) is 5.92 Å². The molecule has 1 aliphatic heterocycles. The first-order valence-electron chi connectivity index (χ1n) is 10.0. The number of methoxy groups -OCH3 is 4. The smallest absolute Gasteiger partial charge is 0.253 e. The summed E-state index contributed by atoms with van der Waals surface area (Å²) >= 11 is 0. The van der Waals surface area contributed by atoms with Gasteiger partial charge in [-0.15, -0.1) is 0 Å². The molecule has 1 aliphatic rings. The van der Waals surface area contributed by atoms with Crippen molar-refractivity contribution in [2.24, 2.45) is 5.92 Å². The number of hydrogen-bond donors (Lipinski definition) is 1. The molecule has 166 valence electrons. The molecule has 31 heavy (non-hydrogen) atoms. The van der Waals surface area contributed by atoms with E-state index >= 15 is 0 Å². The average molecular weight is 428 g/mol. The second-order valence-electron chi connectivity index (χ2n) is 7.20. The number of rotatable bonds is 7. The molecule has 8 heteroatoms. The molecule has 1 saturated heterocycles. The molecule has 2 amide bonds. The maximum atomic E-state index is 12.9. The van der Waals surface area contributed by atoms with Crippen LogP contribution in [-0.4, -0.2) is 58.2 Å². The Morgan fingerprint density at radius 2 is 1.35 bits per heavy atom. The summed E-state index contributed by atoms with van der Waals surface area (Å²) in [6.07, 6.45) is 1.19. The standard InChI is InChI=1S/C23H28N2O6/c1-28-18-7-5-16(13-20(18)30-3)23(27)25-11-9-15(10-12-25)22(26)24-17-6-8-19(29-2)21(14-17)31-4/h5-8,13-15H,9-12H2,1-4H3,(H,24,26). The van der Waals surface area contributed by atoms with Crippen LogP contribution in [0.2, 0.25) is 0 Å². The molecule has 0 saturated carbocycles. The first kappa shape index (κ1) is 22.3. The second-order valence-corrected chi connectivity index (χ2v) is 7.20. The Labute approximate surface area is 182 Å². The van der Waals surface area contributed by atoms with E-state index < -0.39 is 0 Å². The van der Waals surface area contributed by atoms with Crippen molar-refractivity contribution in [2.75, 3.05) is 46.8 Å². The van der Waals surface area contributed by atoms with E-state index in [9.17, 15) is 9.59 Å². The average Bonchev–Trinajstić information content (AvgIpc) is 2.83. The van der Waals surface area contributed by atoms with Crippen molar-refractivity contribution in [1.29, 1.82) is 0 Å². The normalized spacial score (nSPS) is 14.0. The fourth-order valence-corrected chi connectivity index (χ4v) is 3.65. The van der Waals surface area contributed by atoms with Crippen molar-refractivity contribution < 1.29 is 28.5 Å². The molecule has 0 atom stereocenters. The Balaban J connectivity index is 1.59. The molecule has 0 aromatic heterocycles. The van der Waals surface area contributed by atoms with Crippen LogP contribution in [0.4, 0.5) is 5.69 Å². The summed E-state index contributed by atoms with van der Waals surface area (Å²) in [5.74, 6) is 1.92. The van der Waals surface area contributed by atoms with E-state index in [0.29, 0.717) is 60.2 Å². The van der Waals surface area contributed by atoms with Crippen LogP contribution in [-0.2, 0) is 4.79 Å². The predicted molar refractivity (Wildman–Crippen MR) is 116 cm³/mol. The van der Waals surface area contributed by atoms with Gasteiger partial charge in [0.05, 0.1) is 28.4 Å². The van der Waals surface area contributed by atoms with Gasteiger partial charge in [0, 0.05) is 36.3 Å². The third-order valence-corrected chi connectivity index (χ3v) is 5.43. The minimum Gasteiger partial charge on any atom is -0.493 e. The number of piperidine rings is 1. The summed E-state index contributed by atoms with van der Waals surface area (Å²) in [5.41, 5.74) is 1.18. The lowest BCUT2D eigenvalue weighted by Gasteiger charge is -2.31. The third kappa shape index (κ3) is 5.02. The monoisotopic (exact) mass is 428 g/mol. The summed E-state index contributed by atoms with van der Waals surface area (Å²) in [5, 5.41) is 2.93. The van der Waals surface area contributed by atoms with Gasteiger partial charge in [0.2, 0.25) is 5.91 Å². The fraction of sp³-hybridized carbons (Fsp3) is 0.391. The largest absolute Gasteiger partial charge is 0.493 e. The number of likely N-dealkylation sites (tertiary alicyclic amines) is 1. The van der Waals surface area contributed by atoms with Crippen LogP contribution < -0.4 is 24.3 Å². The molecule has 0 bridgehead atoms. The lowest BCUT2D eigenvalue weighted by molar-refractivity contribution is -0.121. The van der Waals surface area contributed by atoms with Crippen LogP contribution in [0.15, 0.2) is 36.4 Å². The predicted octanol–water partition coefficient (Wildman–Crippen LogP) is 3.21. The van der Waals surface area contributed by atoms with E-state index in [1.165, 1.54) is 7.11 Å². The van der Waals surface area contributed by atoms with E-state index in [4.69, 9.17) is 18.9 Å². The topological polar surface area (TPSA) is 86.3 Å². The number of anilines is 1. The Kier molecular flexibility index (Phi) is 7.23. The molecule has 1 fully saturated rings. The van der Waals surface area contributed by atoms with Gasteiger partial charge in [-0.2, -0.15) is 0 Å². The number of hydrogen-bond acceptors (Lipinski definition) is 6. The van der Waals surface area contributed by atoms with Crippen molar-refractivity contribution in [3.8, 4) is 23.0 Å². The summed E-state index contributed by atoms with van der Waals surface area (Å²) in [6.45, 7) is 1.02. The Hall–Kier alpha value is -3.42. The molecule has 2 aromatic rings. The first-order chi connectivity index (χ1) is 15.0. The van der Waals surface area contributed by atoms with E-state index in [1.54, 1.807) is 62.6 Å². The molecule has 0 spiro atoms. The molecule has 0 unspecified atom stereocenters. The number of nitrogens with zero attached hydrogens (tertiary/aromatic N) is 1. The maximum absolute atomic E-state index is 12.9. The van der Waals surface area contributed by atoms with Gasteiger partial charge in [0.25, 0.3) is 5.91 Å². The number of amides is 2. The number of carbonyl (C=O) groups is 2. The van der Waals surface area contributed by atoms with Crippen LogP contribution in [0.3, 0.4) is 0 Å². The quantitative estimate of drug-likeness (QED) is 0.729. The zero-order chi connectivity index (χ0) is 22.4. The van der Waals surface area contributed by atoms with Crippen molar-refractivity contribution >= 4 is 17.5 Å². The minimum absolute atomic E-state index is 0.0644. The fourth-order valence-electron chi connectivity index (χ4n) is 3.65. The summed E-state index contributed by atoms with van der Waals surface area (Å²) < 4.78 is 21.0. The lowest BCUT2D eigenvalue weighted by atomic mass is 9.95. The van der Waals surface area contributed by atoms with Crippen LogP contribution in [0.25, 0.3) is 0 Å². The molecule has 8 nitrogen and oxygen atoms in total. The van der Waals surface area contributed by atoms with Gasteiger partial charge in [0.15, 0.2) is 23.0 Å². The van der Waals surface area contributed by atoms with E-state index in [0.717, 1.165) is 0 Å². The molecule has 1 heterocycles. The number of carbonyl (C=O) groups excluding carboxylic acids is 2. The van der Waals surface area contributed by atoms with Crippen molar-refractivity contribution in [1.82, 2.24) is 4.90 Å². The molecular formula is C23H28N2O6. The van der Waals surface area contributed by atoms with Crippen molar-refractivity contribution in [2.45, 2.75) is 12.8 Å². The van der Waals surface area contributed by atoms with Gasteiger partial charge in [-0.25, -0.2) is 0 Å². The second kappa shape index (κ2) is 10.1. The molecular weight excluding hydrogens is 400 g/mol. The highest BCUT2D eigenvalue weighted by molar-refractivity contribution is 5.96. The van der Waals surface area contributed by atoms with Crippen LogP contribution >= 0.6 is 0 Å². The van der Waals surface area contributed by atoms with Gasteiger partial charge in [0.1, 0.15) is 0 Å². The minimum atomic E-state index is -0.164. The zero-order valence-electron chi connectivity index (χ0n) is 18.3. The van der Waals surface area contributed by atoms with Gasteiger partial charge in [-0.3, -0.25) is 9.59 Å². The SMILES string of the molecule is COc1ccc(NC(=O)C2CCN(C(=O)c3ccc(OC)c(OC)c3)CC2)cc1OC. The van der Waals surface area contributed by atoms with Gasteiger partial charge >= 0.3 is 0 Å². The highest BCUT2D eigenvalue weighted by atomic mass is 16.5. The highest BCUT2D eigenvalue weighted by Crippen LogP contribution is 2.31. The Bertz CT molecular complexity index is 938. The van der Waals surface area contributed by atoms with Gasteiger partial charge in [-0.1, -0.05) is 0 Å².